The van der Waals surface area contributed by atoms with Crippen molar-refractivity contribution >= 4 is 17.5 Å². The van der Waals surface area contributed by atoms with Crippen LogP contribution in [-0.4, -0.2) is 16.8 Å². The minimum absolute atomic E-state index is 0.154. The predicted octanol–water partition coefficient (Wildman–Crippen LogP) is 3.14. The first-order valence-electron chi connectivity index (χ1n) is 8.30. The van der Waals surface area contributed by atoms with E-state index in [2.05, 4.69) is 15.6 Å². The number of hydrogen-bond donors (Lipinski definition) is 2. The molecule has 0 atom stereocenters. The molecule has 5 heteroatoms. The number of nitrogens with one attached hydrogen (secondary N) is 2. The Balaban J connectivity index is 1.51. The van der Waals surface area contributed by atoms with Crippen LogP contribution in [0.1, 0.15) is 41.6 Å². The first-order chi connectivity index (χ1) is 11.7. The summed E-state index contributed by atoms with van der Waals surface area (Å²) in [7, 11) is 0. The van der Waals surface area contributed by atoms with Crippen molar-refractivity contribution in [3.05, 3.63) is 59.9 Å². The van der Waals surface area contributed by atoms with Crippen LogP contribution in [0.3, 0.4) is 0 Å². The molecule has 1 saturated carbocycles. The lowest BCUT2D eigenvalue weighted by molar-refractivity contribution is -0.124. The van der Waals surface area contributed by atoms with E-state index in [0.717, 1.165) is 36.9 Å². The number of pyridine rings is 1. The molecule has 1 aromatic carbocycles. The second-order valence-corrected chi connectivity index (χ2v) is 6.09. The van der Waals surface area contributed by atoms with Crippen molar-refractivity contribution in [1.29, 1.82) is 0 Å². The Labute approximate surface area is 141 Å². The third kappa shape index (κ3) is 4.19. The molecule has 0 saturated heterocycles. The minimum Gasteiger partial charge on any atom is -0.352 e. The lowest BCUT2D eigenvalue weighted by Gasteiger charge is -2.11. The smallest absolute Gasteiger partial charge is 0.257 e. The molecule has 2 N–H and O–H groups in total. The summed E-state index contributed by atoms with van der Waals surface area (Å²) in [5.41, 5.74) is 2.25. The van der Waals surface area contributed by atoms with Crippen molar-refractivity contribution in [2.45, 2.75) is 32.2 Å². The van der Waals surface area contributed by atoms with E-state index < -0.39 is 0 Å². The van der Waals surface area contributed by atoms with Crippen LogP contribution in [0.5, 0.6) is 0 Å². The van der Waals surface area contributed by atoms with E-state index in [0.29, 0.717) is 12.1 Å². The molecule has 124 valence electrons. The maximum atomic E-state index is 12.1. The van der Waals surface area contributed by atoms with Gasteiger partial charge in [0.25, 0.3) is 5.91 Å². The van der Waals surface area contributed by atoms with E-state index in [1.54, 1.807) is 18.3 Å². The maximum Gasteiger partial charge on any atom is 0.257 e. The number of amides is 2. The summed E-state index contributed by atoms with van der Waals surface area (Å²) in [5, 5.41) is 5.82. The number of rotatable bonds is 5. The number of aromatic nitrogens is 1. The highest BCUT2D eigenvalue weighted by Gasteiger charge is 2.22. The molecule has 1 aromatic heterocycles. The van der Waals surface area contributed by atoms with Crippen molar-refractivity contribution in [2.75, 3.05) is 5.32 Å². The molecule has 1 aliphatic rings. The lowest BCUT2D eigenvalue weighted by atomic mass is 10.1. The van der Waals surface area contributed by atoms with Crippen LogP contribution in [-0.2, 0) is 11.3 Å². The summed E-state index contributed by atoms with van der Waals surface area (Å²) >= 11 is 0. The Morgan fingerprint density at radius 3 is 2.50 bits per heavy atom. The third-order valence-electron chi connectivity index (χ3n) is 4.33. The monoisotopic (exact) mass is 323 g/mol. The predicted molar refractivity (Wildman–Crippen MR) is 92.4 cm³/mol. The molecule has 0 aliphatic heterocycles. The molecule has 0 spiro atoms. The van der Waals surface area contributed by atoms with Gasteiger partial charge in [-0.15, -0.1) is 0 Å². The van der Waals surface area contributed by atoms with E-state index in [-0.39, 0.29) is 17.7 Å². The van der Waals surface area contributed by atoms with Crippen LogP contribution >= 0.6 is 0 Å². The van der Waals surface area contributed by atoms with Crippen molar-refractivity contribution < 1.29 is 9.59 Å². The molecule has 0 radical (unpaired) electrons. The first-order valence-corrected chi connectivity index (χ1v) is 8.30. The number of hydrogen-bond acceptors (Lipinski definition) is 3. The number of carbonyl (C=O) groups is 2. The molecule has 0 bridgehead atoms. The van der Waals surface area contributed by atoms with Gasteiger partial charge in [-0.05, 0) is 42.7 Å². The molecule has 2 aromatic rings. The standard InChI is InChI=1S/C19H21N3O2/c23-18(15-4-1-2-5-15)21-12-14-7-9-17(10-8-14)22-19(24)16-6-3-11-20-13-16/h3,6-11,13,15H,1-2,4-5,12H2,(H,21,23)(H,22,24). The van der Waals surface area contributed by atoms with Crippen molar-refractivity contribution in [2.24, 2.45) is 5.92 Å². The highest BCUT2D eigenvalue weighted by atomic mass is 16.2. The van der Waals surface area contributed by atoms with Gasteiger partial charge in [0.2, 0.25) is 5.91 Å². The van der Waals surface area contributed by atoms with E-state index in [4.69, 9.17) is 0 Å². The normalized spacial score (nSPS) is 14.3. The summed E-state index contributed by atoms with van der Waals surface area (Å²) in [4.78, 5) is 28.0. The quantitative estimate of drug-likeness (QED) is 0.888. The van der Waals surface area contributed by atoms with Gasteiger partial charge in [-0.1, -0.05) is 25.0 Å². The average molecular weight is 323 g/mol. The molecule has 2 amide bonds. The second kappa shape index (κ2) is 7.73. The maximum absolute atomic E-state index is 12.1. The SMILES string of the molecule is O=C(Nc1ccc(CNC(=O)C2CCCC2)cc1)c1cccnc1. The molecule has 3 rings (SSSR count). The molecule has 1 fully saturated rings. The van der Waals surface area contributed by atoms with Gasteiger partial charge in [0, 0.05) is 30.5 Å². The molecular formula is C19H21N3O2. The van der Waals surface area contributed by atoms with Gasteiger partial charge in [0.05, 0.1) is 5.56 Å². The Hall–Kier alpha value is -2.69. The highest BCUT2D eigenvalue weighted by molar-refractivity contribution is 6.03. The van der Waals surface area contributed by atoms with E-state index >= 15 is 0 Å². The molecule has 1 aliphatic carbocycles. The average Bonchev–Trinajstić information content (AvgIpc) is 3.16. The van der Waals surface area contributed by atoms with Crippen molar-refractivity contribution in [3.63, 3.8) is 0 Å². The topological polar surface area (TPSA) is 71.1 Å². The molecular weight excluding hydrogens is 302 g/mol. The third-order valence-corrected chi connectivity index (χ3v) is 4.33. The number of carbonyl (C=O) groups excluding carboxylic acids is 2. The summed E-state index contributed by atoms with van der Waals surface area (Å²) in [6.45, 7) is 0.520. The van der Waals surface area contributed by atoms with Crippen molar-refractivity contribution in [1.82, 2.24) is 10.3 Å². The minimum atomic E-state index is -0.189. The Morgan fingerprint density at radius 2 is 1.83 bits per heavy atom. The highest BCUT2D eigenvalue weighted by Crippen LogP contribution is 2.24. The van der Waals surface area contributed by atoms with Crippen LogP contribution in [0.15, 0.2) is 48.8 Å². The number of nitrogens with zero attached hydrogens (tertiary/aromatic N) is 1. The molecule has 24 heavy (non-hydrogen) atoms. The molecule has 0 unspecified atom stereocenters. The van der Waals surface area contributed by atoms with Gasteiger partial charge in [0.15, 0.2) is 0 Å². The van der Waals surface area contributed by atoms with Crippen LogP contribution in [0, 0.1) is 5.92 Å². The van der Waals surface area contributed by atoms with Gasteiger partial charge in [-0.2, -0.15) is 0 Å². The summed E-state index contributed by atoms with van der Waals surface area (Å²) in [6, 6.07) is 10.9. The zero-order valence-corrected chi connectivity index (χ0v) is 13.5. The largest absolute Gasteiger partial charge is 0.352 e. The van der Waals surface area contributed by atoms with E-state index in [1.807, 2.05) is 24.3 Å². The first kappa shape index (κ1) is 16.2. The van der Waals surface area contributed by atoms with Gasteiger partial charge in [-0.25, -0.2) is 0 Å². The van der Waals surface area contributed by atoms with Gasteiger partial charge >= 0.3 is 0 Å². The van der Waals surface area contributed by atoms with E-state index in [9.17, 15) is 9.59 Å². The second-order valence-electron chi connectivity index (χ2n) is 6.09. The Kier molecular flexibility index (Phi) is 5.21. The summed E-state index contributed by atoms with van der Waals surface area (Å²) < 4.78 is 0. The fourth-order valence-corrected chi connectivity index (χ4v) is 2.93. The fourth-order valence-electron chi connectivity index (χ4n) is 2.93. The van der Waals surface area contributed by atoms with Gasteiger partial charge < -0.3 is 10.6 Å². The van der Waals surface area contributed by atoms with Crippen LogP contribution in [0.4, 0.5) is 5.69 Å². The fraction of sp³-hybridized carbons (Fsp3) is 0.316. The van der Waals surface area contributed by atoms with Gasteiger partial charge in [0.1, 0.15) is 0 Å². The summed E-state index contributed by atoms with van der Waals surface area (Å²) in [6.07, 6.45) is 7.48. The Morgan fingerprint density at radius 1 is 1.08 bits per heavy atom. The van der Waals surface area contributed by atoms with E-state index in [1.165, 1.54) is 6.20 Å². The molecule has 5 nitrogen and oxygen atoms in total. The molecule has 1 heterocycles. The van der Waals surface area contributed by atoms with Crippen LogP contribution < -0.4 is 10.6 Å². The van der Waals surface area contributed by atoms with Crippen LogP contribution in [0.25, 0.3) is 0 Å². The van der Waals surface area contributed by atoms with Crippen molar-refractivity contribution in [3.8, 4) is 0 Å². The van der Waals surface area contributed by atoms with Crippen LogP contribution in [0.2, 0.25) is 0 Å². The zero-order chi connectivity index (χ0) is 16.8. The lowest BCUT2D eigenvalue weighted by Crippen LogP contribution is -2.28. The number of anilines is 1. The Bertz CT molecular complexity index is 692. The van der Waals surface area contributed by atoms with Gasteiger partial charge in [-0.3, -0.25) is 14.6 Å². The summed E-state index contributed by atoms with van der Waals surface area (Å²) in [5.74, 6) is 0.148. The number of benzene rings is 1. The zero-order valence-electron chi connectivity index (χ0n) is 13.5.